The van der Waals surface area contributed by atoms with E-state index in [-0.39, 0.29) is 28.0 Å². The lowest BCUT2D eigenvalue weighted by Gasteiger charge is -2.11. The highest BCUT2D eigenvalue weighted by atomic mass is 35.5. The molecule has 0 bridgehead atoms. The normalized spacial score (nSPS) is 11.6. The van der Waals surface area contributed by atoms with Crippen LogP contribution in [0.1, 0.15) is 10.4 Å². The summed E-state index contributed by atoms with van der Waals surface area (Å²) in [6.45, 7) is -0.0182. The van der Waals surface area contributed by atoms with Gasteiger partial charge in [0.1, 0.15) is 5.15 Å². The van der Waals surface area contributed by atoms with E-state index >= 15 is 0 Å². The van der Waals surface area contributed by atoms with Crippen LogP contribution in [0.5, 0.6) is 0 Å². The molecule has 1 aromatic rings. The zero-order valence-electron chi connectivity index (χ0n) is 10.4. The highest BCUT2D eigenvalue weighted by Gasteiger charge is 2.15. The van der Waals surface area contributed by atoms with Crippen molar-refractivity contribution in [2.45, 2.75) is 0 Å². The van der Waals surface area contributed by atoms with Gasteiger partial charge in [0, 0.05) is 26.8 Å². The third-order valence-corrected chi connectivity index (χ3v) is 4.61. The third-order valence-electron chi connectivity index (χ3n) is 2.27. The Bertz CT molecular complexity index is 575. The fourth-order valence-corrected chi connectivity index (χ4v) is 2.23. The maximum Gasteiger partial charge on any atom is 0.252 e. The number of pyridine rings is 1. The molecule has 0 aromatic carbocycles. The molecule has 9 heteroatoms. The van der Waals surface area contributed by atoms with Gasteiger partial charge in [0.15, 0.2) is 0 Å². The van der Waals surface area contributed by atoms with Gasteiger partial charge < -0.3 is 5.32 Å². The van der Waals surface area contributed by atoms with Gasteiger partial charge >= 0.3 is 0 Å². The van der Waals surface area contributed by atoms with Crippen LogP contribution in [0.25, 0.3) is 0 Å². The molecule has 0 saturated heterocycles. The Labute approximate surface area is 121 Å². The summed E-state index contributed by atoms with van der Waals surface area (Å²) in [5, 5.41) is 2.75. The Kier molecular flexibility index (Phi) is 5.54. The first-order valence-electron chi connectivity index (χ1n) is 5.23. The highest BCUT2D eigenvalue weighted by molar-refractivity contribution is 7.89. The van der Waals surface area contributed by atoms with Gasteiger partial charge in [-0.3, -0.25) is 4.79 Å². The summed E-state index contributed by atoms with van der Waals surface area (Å²) >= 11 is 11.5. The van der Waals surface area contributed by atoms with Gasteiger partial charge in [-0.15, -0.1) is 0 Å². The predicted molar refractivity (Wildman–Crippen MR) is 74.1 cm³/mol. The molecule has 1 N–H and O–H groups in total. The molecule has 106 valence electrons. The number of hydrogen-bond acceptors (Lipinski definition) is 4. The fraction of sp³-hybridized carbons (Fsp3) is 0.400. The number of nitrogens with zero attached hydrogens (tertiary/aromatic N) is 2. The van der Waals surface area contributed by atoms with Crippen LogP contribution in [0.4, 0.5) is 0 Å². The quantitative estimate of drug-likeness (QED) is 0.819. The van der Waals surface area contributed by atoms with E-state index in [0.29, 0.717) is 0 Å². The maximum atomic E-state index is 11.8. The van der Waals surface area contributed by atoms with Gasteiger partial charge in [-0.05, 0) is 6.07 Å². The van der Waals surface area contributed by atoms with Crippen LogP contribution in [0, 0.1) is 0 Å². The lowest BCUT2D eigenvalue weighted by molar-refractivity contribution is 0.0956. The highest BCUT2D eigenvalue weighted by Crippen LogP contribution is 2.17. The molecule has 0 aliphatic heterocycles. The molecule has 0 fully saturated rings. The first-order valence-corrected chi connectivity index (χ1v) is 7.60. The average Bonchev–Trinajstić information content (AvgIpc) is 2.31. The Balaban J connectivity index is 2.64. The van der Waals surface area contributed by atoms with Crippen LogP contribution >= 0.6 is 23.2 Å². The van der Waals surface area contributed by atoms with Gasteiger partial charge in [0.2, 0.25) is 10.0 Å². The molecule has 6 nitrogen and oxygen atoms in total. The largest absolute Gasteiger partial charge is 0.351 e. The zero-order valence-corrected chi connectivity index (χ0v) is 12.7. The summed E-state index contributed by atoms with van der Waals surface area (Å²) in [6, 6.07) is 1.32. The van der Waals surface area contributed by atoms with E-state index < -0.39 is 15.9 Å². The number of amides is 1. The number of hydrogen-bond donors (Lipinski definition) is 1. The second kappa shape index (κ2) is 6.51. The van der Waals surface area contributed by atoms with Crippen LogP contribution in [0.3, 0.4) is 0 Å². The van der Waals surface area contributed by atoms with E-state index in [0.717, 1.165) is 4.31 Å². The fourth-order valence-electron chi connectivity index (χ4n) is 1.16. The second-order valence-electron chi connectivity index (χ2n) is 3.84. The molecular formula is C10H13Cl2N3O3S. The van der Waals surface area contributed by atoms with Crippen molar-refractivity contribution in [2.24, 2.45) is 0 Å². The van der Waals surface area contributed by atoms with Gasteiger partial charge in [-0.2, -0.15) is 0 Å². The van der Waals surface area contributed by atoms with Crippen LogP contribution in [-0.4, -0.2) is 50.0 Å². The van der Waals surface area contributed by atoms with E-state index in [1.807, 2.05) is 0 Å². The first-order chi connectivity index (χ1) is 8.74. The van der Waals surface area contributed by atoms with Gasteiger partial charge in [0.05, 0.1) is 16.3 Å². The minimum atomic E-state index is -3.35. The number of carbonyl (C=O) groups is 1. The molecule has 0 aliphatic rings. The number of carbonyl (C=O) groups excluding carboxylic acids is 1. The average molecular weight is 326 g/mol. The van der Waals surface area contributed by atoms with Crippen molar-refractivity contribution in [2.75, 3.05) is 26.4 Å². The van der Waals surface area contributed by atoms with E-state index in [4.69, 9.17) is 23.2 Å². The third kappa shape index (κ3) is 4.61. The minimum absolute atomic E-state index is 0.0182. The number of sulfonamides is 1. The van der Waals surface area contributed by atoms with Crippen molar-refractivity contribution in [1.29, 1.82) is 0 Å². The standard InChI is InChI=1S/C10H13Cl2N3O3S/c1-15(2)19(17,18)4-3-13-10(16)7-5-9(12)14-6-8(7)11/h5-6H,3-4H2,1-2H3,(H,13,16). The number of aromatic nitrogens is 1. The SMILES string of the molecule is CN(C)S(=O)(=O)CCNC(=O)c1cc(Cl)ncc1Cl. The van der Waals surface area contributed by atoms with Crippen LogP contribution in [-0.2, 0) is 10.0 Å². The monoisotopic (exact) mass is 325 g/mol. The van der Waals surface area contributed by atoms with Crippen molar-refractivity contribution in [3.8, 4) is 0 Å². The lowest BCUT2D eigenvalue weighted by atomic mass is 10.2. The van der Waals surface area contributed by atoms with E-state index in [9.17, 15) is 13.2 Å². The Hall–Kier alpha value is -0.890. The lowest BCUT2D eigenvalue weighted by Crippen LogP contribution is -2.34. The van der Waals surface area contributed by atoms with Crippen molar-refractivity contribution in [1.82, 2.24) is 14.6 Å². The number of halogens is 2. The summed E-state index contributed by atoms with van der Waals surface area (Å²) in [5.74, 6) is -0.689. The Morgan fingerprint density at radius 3 is 2.63 bits per heavy atom. The Morgan fingerprint density at radius 2 is 2.05 bits per heavy atom. The van der Waals surface area contributed by atoms with Gasteiger partial charge in [-0.1, -0.05) is 23.2 Å². The number of nitrogens with one attached hydrogen (secondary N) is 1. The molecule has 0 saturated carbocycles. The molecule has 1 rings (SSSR count). The summed E-state index contributed by atoms with van der Waals surface area (Å²) in [6.07, 6.45) is 1.26. The van der Waals surface area contributed by atoms with Gasteiger partial charge in [0.25, 0.3) is 5.91 Å². The number of rotatable bonds is 5. The molecule has 0 spiro atoms. The molecule has 0 unspecified atom stereocenters. The summed E-state index contributed by atoms with van der Waals surface area (Å²) in [4.78, 5) is 15.5. The molecular weight excluding hydrogens is 313 g/mol. The van der Waals surface area contributed by atoms with Crippen molar-refractivity contribution in [3.05, 3.63) is 28.0 Å². The van der Waals surface area contributed by atoms with Crippen molar-refractivity contribution < 1.29 is 13.2 Å². The summed E-state index contributed by atoms with van der Waals surface area (Å²) in [7, 11) is -0.493. The molecule has 0 atom stereocenters. The maximum absolute atomic E-state index is 11.8. The molecule has 0 aliphatic carbocycles. The van der Waals surface area contributed by atoms with Crippen LogP contribution < -0.4 is 5.32 Å². The molecule has 1 heterocycles. The van der Waals surface area contributed by atoms with Gasteiger partial charge in [-0.25, -0.2) is 17.7 Å². The van der Waals surface area contributed by atoms with Crippen LogP contribution in [0.2, 0.25) is 10.2 Å². The molecule has 1 aromatic heterocycles. The zero-order chi connectivity index (χ0) is 14.6. The van der Waals surface area contributed by atoms with Crippen molar-refractivity contribution >= 4 is 39.1 Å². The van der Waals surface area contributed by atoms with Crippen LogP contribution in [0.15, 0.2) is 12.3 Å². The van der Waals surface area contributed by atoms with E-state index in [1.54, 1.807) is 0 Å². The smallest absolute Gasteiger partial charge is 0.252 e. The molecule has 0 radical (unpaired) electrons. The van der Waals surface area contributed by atoms with Crippen molar-refractivity contribution in [3.63, 3.8) is 0 Å². The predicted octanol–water partition coefficient (Wildman–Crippen LogP) is 1.01. The summed E-state index contributed by atoms with van der Waals surface area (Å²) in [5.41, 5.74) is 0.156. The minimum Gasteiger partial charge on any atom is -0.351 e. The first kappa shape index (κ1) is 16.2. The second-order valence-corrected chi connectivity index (χ2v) is 6.94. The topological polar surface area (TPSA) is 79.4 Å². The Morgan fingerprint density at radius 1 is 1.42 bits per heavy atom. The van der Waals surface area contributed by atoms with E-state index in [2.05, 4.69) is 10.3 Å². The summed E-state index contributed by atoms with van der Waals surface area (Å²) < 4.78 is 24.1. The molecule has 19 heavy (non-hydrogen) atoms. The molecule has 1 amide bonds. The van der Waals surface area contributed by atoms with E-state index in [1.165, 1.54) is 26.4 Å².